The van der Waals surface area contributed by atoms with Gasteiger partial charge in [-0.2, -0.15) is 0 Å². The minimum Gasteiger partial charge on any atom is -0.382 e. The zero-order valence-corrected chi connectivity index (χ0v) is 10.5. The first kappa shape index (κ1) is 13.3. The van der Waals surface area contributed by atoms with Crippen LogP contribution in [0.5, 0.6) is 0 Å². The summed E-state index contributed by atoms with van der Waals surface area (Å²) in [6, 6.07) is 5.95. The lowest BCUT2D eigenvalue weighted by molar-refractivity contribution is 0.0759. The molecule has 16 heavy (non-hydrogen) atoms. The Balaban J connectivity index is 2.21. The van der Waals surface area contributed by atoms with Crippen molar-refractivity contribution in [2.75, 3.05) is 38.8 Å². The highest BCUT2D eigenvalue weighted by atomic mass is 35.5. The zero-order chi connectivity index (χ0) is 11.8. The van der Waals surface area contributed by atoms with Gasteiger partial charge in [0.05, 0.1) is 30.5 Å². The standard InChI is InChI=1S/C12H18ClNO2/c1-10-3-4-12(11(13)9-10)14-5-6-16-8-7-15-2/h3-4,9,14H,5-8H2,1-2H3. The van der Waals surface area contributed by atoms with E-state index in [0.29, 0.717) is 19.8 Å². The number of hydrogen-bond acceptors (Lipinski definition) is 3. The number of halogens is 1. The van der Waals surface area contributed by atoms with Crippen LogP contribution < -0.4 is 5.32 Å². The summed E-state index contributed by atoms with van der Waals surface area (Å²) in [5, 5.41) is 3.97. The molecule has 0 radical (unpaired) electrons. The molecule has 0 aliphatic rings. The molecule has 0 atom stereocenters. The van der Waals surface area contributed by atoms with Crippen LogP contribution in [0.15, 0.2) is 18.2 Å². The van der Waals surface area contributed by atoms with Crippen LogP contribution in [0.25, 0.3) is 0 Å². The highest BCUT2D eigenvalue weighted by molar-refractivity contribution is 6.33. The Labute approximate surface area is 102 Å². The molecule has 1 rings (SSSR count). The number of methoxy groups -OCH3 is 1. The van der Waals surface area contributed by atoms with Gasteiger partial charge in [-0.15, -0.1) is 0 Å². The molecular weight excluding hydrogens is 226 g/mol. The molecule has 1 aromatic carbocycles. The summed E-state index contributed by atoms with van der Waals surface area (Å²) in [5.41, 5.74) is 2.11. The molecule has 0 spiro atoms. The predicted molar refractivity (Wildman–Crippen MR) is 67.4 cm³/mol. The minimum absolute atomic E-state index is 0.625. The Bertz CT molecular complexity index is 318. The fourth-order valence-electron chi connectivity index (χ4n) is 1.27. The number of anilines is 1. The van der Waals surface area contributed by atoms with Crippen molar-refractivity contribution in [3.63, 3.8) is 0 Å². The van der Waals surface area contributed by atoms with Crippen molar-refractivity contribution in [3.8, 4) is 0 Å². The third-order valence-electron chi connectivity index (χ3n) is 2.12. The van der Waals surface area contributed by atoms with Gasteiger partial charge in [-0.25, -0.2) is 0 Å². The van der Waals surface area contributed by atoms with Crippen molar-refractivity contribution in [1.82, 2.24) is 0 Å². The smallest absolute Gasteiger partial charge is 0.0701 e. The average molecular weight is 244 g/mol. The Hall–Kier alpha value is -0.770. The lowest BCUT2D eigenvalue weighted by Gasteiger charge is -2.09. The maximum absolute atomic E-state index is 6.07. The first-order chi connectivity index (χ1) is 7.74. The van der Waals surface area contributed by atoms with Gasteiger partial charge in [0, 0.05) is 13.7 Å². The fraction of sp³-hybridized carbons (Fsp3) is 0.500. The van der Waals surface area contributed by atoms with E-state index in [4.69, 9.17) is 21.1 Å². The molecule has 90 valence electrons. The van der Waals surface area contributed by atoms with Crippen molar-refractivity contribution in [3.05, 3.63) is 28.8 Å². The van der Waals surface area contributed by atoms with Gasteiger partial charge in [-0.1, -0.05) is 17.7 Å². The van der Waals surface area contributed by atoms with E-state index in [-0.39, 0.29) is 0 Å². The molecule has 0 aliphatic carbocycles. The summed E-state index contributed by atoms with van der Waals surface area (Å²) in [7, 11) is 1.66. The van der Waals surface area contributed by atoms with E-state index < -0.39 is 0 Å². The van der Waals surface area contributed by atoms with Crippen molar-refractivity contribution in [1.29, 1.82) is 0 Å². The van der Waals surface area contributed by atoms with Crippen LogP contribution in [0, 0.1) is 6.92 Å². The van der Waals surface area contributed by atoms with Crippen molar-refractivity contribution >= 4 is 17.3 Å². The largest absolute Gasteiger partial charge is 0.382 e. The topological polar surface area (TPSA) is 30.5 Å². The summed E-state index contributed by atoms with van der Waals surface area (Å²) in [6.45, 7) is 4.66. The highest BCUT2D eigenvalue weighted by Gasteiger charge is 1.98. The predicted octanol–water partition coefficient (Wildman–Crippen LogP) is 2.72. The number of ether oxygens (including phenoxy) is 2. The molecule has 0 saturated heterocycles. The lowest BCUT2D eigenvalue weighted by atomic mass is 10.2. The summed E-state index contributed by atoms with van der Waals surface area (Å²) in [6.07, 6.45) is 0. The van der Waals surface area contributed by atoms with Gasteiger partial charge in [0.15, 0.2) is 0 Å². The van der Waals surface area contributed by atoms with Gasteiger partial charge in [0.25, 0.3) is 0 Å². The molecule has 0 aliphatic heterocycles. The monoisotopic (exact) mass is 243 g/mol. The Morgan fingerprint density at radius 2 is 2.06 bits per heavy atom. The summed E-state index contributed by atoms with van der Waals surface area (Å²) >= 11 is 6.07. The first-order valence-electron chi connectivity index (χ1n) is 5.30. The van der Waals surface area contributed by atoms with Crippen LogP contribution in [0.4, 0.5) is 5.69 Å². The Kier molecular flexibility index (Phi) is 6.23. The van der Waals surface area contributed by atoms with Crippen molar-refractivity contribution < 1.29 is 9.47 Å². The number of rotatable bonds is 7. The lowest BCUT2D eigenvalue weighted by Crippen LogP contribution is -2.12. The van der Waals surface area contributed by atoms with Crippen molar-refractivity contribution in [2.24, 2.45) is 0 Å². The van der Waals surface area contributed by atoms with E-state index in [9.17, 15) is 0 Å². The summed E-state index contributed by atoms with van der Waals surface area (Å²) in [5.74, 6) is 0. The van der Waals surface area contributed by atoms with Gasteiger partial charge in [-0.3, -0.25) is 0 Å². The Morgan fingerprint density at radius 1 is 1.25 bits per heavy atom. The van der Waals surface area contributed by atoms with Gasteiger partial charge in [0.2, 0.25) is 0 Å². The third-order valence-corrected chi connectivity index (χ3v) is 2.43. The fourth-order valence-corrected chi connectivity index (χ4v) is 1.57. The van der Waals surface area contributed by atoms with Crippen LogP contribution in [-0.4, -0.2) is 33.5 Å². The van der Waals surface area contributed by atoms with E-state index in [1.54, 1.807) is 7.11 Å². The molecule has 0 amide bonds. The van der Waals surface area contributed by atoms with E-state index in [2.05, 4.69) is 5.32 Å². The van der Waals surface area contributed by atoms with E-state index in [0.717, 1.165) is 22.8 Å². The van der Waals surface area contributed by atoms with Crippen LogP contribution in [-0.2, 0) is 9.47 Å². The first-order valence-corrected chi connectivity index (χ1v) is 5.68. The van der Waals surface area contributed by atoms with Gasteiger partial charge >= 0.3 is 0 Å². The van der Waals surface area contributed by atoms with Crippen LogP contribution in [0.3, 0.4) is 0 Å². The molecule has 0 heterocycles. The van der Waals surface area contributed by atoms with E-state index in [1.165, 1.54) is 0 Å². The molecule has 0 unspecified atom stereocenters. The number of nitrogens with one attached hydrogen (secondary N) is 1. The highest BCUT2D eigenvalue weighted by Crippen LogP contribution is 2.22. The molecule has 0 bridgehead atoms. The van der Waals surface area contributed by atoms with Gasteiger partial charge < -0.3 is 14.8 Å². The van der Waals surface area contributed by atoms with E-state index in [1.807, 2.05) is 25.1 Å². The second kappa shape index (κ2) is 7.49. The maximum Gasteiger partial charge on any atom is 0.0701 e. The van der Waals surface area contributed by atoms with Gasteiger partial charge in [-0.05, 0) is 24.6 Å². The van der Waals surface area contributed by atoms with E-state index >= 15 is 0 Å². The average Bonchev–Trinajstić information content (AvgIpc) is 2.26. The number of benzene rings is 1. The Morgan fingerprint density at radius 3 is 2.75 bits per heavy atom. The molecule has 0 aromatic heterocycles. The normalized spacial score (nSPS) is 10.4. The minimum atomic E-state index is 0.625. The maximum atomic E-state index is 6.07. The summed E-state index contributed by atoms with van der Waals surface area (Å²) in [4.78, 5) is 0. The molecule has 1 aromatic rings. The van der Waals surface area contributed by atoms with Crippen LogP contribution in [0.2, 0.25) is 5.02 Å². The van der Waals surface area contributed by atoms with Crippen LogP contribution >= 0.6 is 11.6 Å². The summed E-state index contributed by atoms with van der Waals surface area (Å²) < 4.78 is 10.2. The molecule has 0 saturated carbocycles. The van der Waals surface area contributed by atoms with Crippen molar-refractivity contribution in [2.45, 2.75) is 6.92 Å². The third kappa shape index (κ3) is 4.84. The second-order valence-corrected chi connectivity index (χ2v) is 3.92. The number of aryl methyl sites for hydroxylation is 1. The number of hydrogen-bond donors (Lipinski definition) is 1. The zero-order valence-electron chi connectivity index (χ0n) is 9.75. The molecule has 4 heteroatoms. The molecular formula is C12H18ClNO2. The molecule has 3 nitrogen and oxygen atoms in total. The molecule has 1 N–H and O–H groups in total. The molecule has 0 fully saturated rings. The quantitative estimate of drug-likeness (QED) is 0.747. The van der Waals surface area contributed by atoms with Gasteiger partial charge in [0.1, 0.15) is 0 Å². The SMILES string of the molecule is COCCOCCNc1ccc(C)cc1Cl. The van der Waals surface area contributed by atoms with Crippen LogP contribution in [0.1, 0.15) is 5.56 Å². The second-order valence-electron chi connectivity index (χ2n) is 3.52.